The van der Waals surface area contributed by atoms with Crippen molar-refractivity contribution >= 4 is 17.6 Å². The largest absolute Gasteiger partial charge is 1.00 e. The van der Waals surface area contributed by atoms with Crippen LogP contribution in [0.15, 0.2) is 18.2 Å². The molecule has 0 bridgehead atoms. The van der Waals surface area contributed by atoms with E-state index < -0.39 is 11.9 Å². The number of nitrogens with zero attached hydrogens (tertiary/aromatic N) is 1. The fourth-order valence-electron chi connectivity index (χ4n) is 1.60. The second kappa shape index (κ2) is 11.6. The van der Waals surface area contributed by atoms with Gasteiger partial charge in [0.25, 0.3) is 0 Å². The maximum atomic E-state index is 10.5. The van der Waals surface area contributed by atoms with Gasteiger partial charge < -0.3 is 29.8 Å². The quantitative estimate of drug-likeness (QED) is 0.520. The maximum Gasteiger partial charge on any atom is 1.00 e. The minimum absolute atomic E-state index is 0. The van der Waals surface area contributed by atoms with E-state index in [9.17, 15) is 24.9 Å². The number of carboxylic acids is 2. The van der Waals surface area contributed by atoms with Crippen LogP contribution in [0.4, 0.5) is 5.69 Å². The molecule has 0 spiro atoms. The number of benzene rings is 1. The summed E-state index contributed by atoms with van der Waals surface area (Å²) in [5.74, 6) is -2.59. The van der Waals surface area contributed by atoms with Crippen molar-refractivity contribution < 1.29 is 128 Å². The second-order valence-corrected chi connectivity index (χ2v) is 3.88. The monoisotopic (exact) mass is 329 g/mol. The Balaban J connectivity index is 0. The van der Waals surface area contributed by atoms with Gasteiger partial charge >= 0.3 is 103 Å². The molecule has 0 atom stereocenters. The molecule has 0 saturated carbocycles. The number of para-hydroxylation sites is 1. The molecule has 0 unspecified atom stereocenters. The van der Waals surface area contributed by atoms with Gasteiger partial charge in [0.15, 0.2) is 0 Å². The Morgan fingerprint density at radius 3 is 2.30 bits per heavy atom. The summed E-state index contributed by atoms with van der Waals surface area (Å²) in [6, 6.07) is 4.74. The molecule has 0 heterocycles. The van der Waals surface area contributed by atoms with Crippen molar-refractivity contribution in [3.05, 3.63) is 23.8 Å². The number of likely N-dealkylation sites (N-methyl/N-ethyl adjacent to an activating group) is 1. The van der Waals surface area contributed by atoms with Crippen LogP contribution in [0, 0.1) is 0 Å². The van der Waals surface area contributed by atoms with Gasteiger partial charge in [-0.3, -0.25) is 0 Å². The minimum Gasteiger partial charge on any atom is -0.550 e. The van der Waals surface area contributed by atoms with Crippen LogP contribution in [-0.4, -0.2) is 30.6 Å². The molecule has 0 saturated heterocycles. The fraction of sp³-hybridized carbons (Fsp3) is 0.333. The number of anilines is 1. The third-order valence-electron chi connectivity index (χ3n) is 2.47. The number of aliphatic carboxylic acids is 2. The van der Waals surface area contributed by atoms with Crippen LogP contribution in [0.2, 0.25) is 0 Å². The summed E-state index contributed by atoms with van der Waals surface area (Å²) in [7, 11) is 1.49. The summed E-state index contributed by atoms with van der Waals surface area (Å²) < 4.78 is 0. The number of hydrogen-bond donors (Lipinski definition) is 1. The average Bonchev–Trinajstić information content (AvgIpc) is 2.26. The van der Waals surface area contributed by atoms with Crippen LogP contribution in [-0.2, 0) is 16.0 Å². The van der Waals surface area contributed by atoms with Crippen molar-refractivity contribution in [1.29, 1.82) is 0 Å². The van der Waals surface area contributed by atoms with Crippen molar-refractivity contribution in [2.45, 2.75) is 12.8 Å². The smallest absolute Gasteiger partial charge is 0.550 e. The molecule has 1 N–H and O–H groups in total. The molecule has 1 rings (SSSR count). The van der Waals surface area contributed by atoms with Crippen LogP contribution in [0.25, 0.3) is 0 Å². The van der Waals surface area contributed by atoms with Crippen molar-refractivity contribution in [1.82, 2.24) is 0 Å². The van der Waals surface area contributed by atoms with Gasteiger partial charge in [-0.15, -0.1) is 0 Å². The Morgan fingerprint density at radius 1 is 1.20 bits per heavy atom. The predicted octanol–water partition coefficient (Wildman–Crippen LogP) is -7.73. The maximum absolute atomic E-state index is 10.5. The van der Waals surface area contributed by atoms with Crippen LogP contribution in [0.1, 0.15) is 12.0 Å². The number of carboxylic acid groups (broad SMARTS) is 2. The van der Waals surface area contributed by atoms with Crippen LogP contribution < -0.4 is 118 Å². The molecule has 0 amide bonds. The number of phenolic OH excluding ortho intramolecular Hbond substituents is 1. The number of carbonyl (C=O) groups excluding carboxylic acids is 2. The van der Waals surface area contributed by atoms with Gasteiger partial charge in [-0.05, 0) is 24.5 Å². The van der Waals surface area contributed by atoms with E-state index in [1.807, 2.05) is 0 Å². The molecule has 0 fully saturated rings. The molecule has 8 heteroatoms. The minimum atomic E-state index is -1.27. The number of rotatable bonds is 6. The zero-order valence-electron chi connectivity index (χ0n) is 11.9. The number of phenols is 1. The second-order valence-electron chi connectivity index (χ2n) is 3.88. The first kappa shape index (κ1) is 23.3. The van der Waals surface area contributed by atoms with Gasteiger partial charge in [-0.25, -0.2) is 0 Å². The normalized spacial score (nSPS) is 9.05. The first-order valence-electron chi connectivity index (χ1n) is 5.33. The Kier molecular flexibility index (Phi) is 13.5. The summed E-state index contributed by atoms with van der Waals surface area (Å²) in [5, 5.41) is 30.7. The molecule has 1 aromatic rings. The van der Waals surface area contributed by atoms with Gasteiger partial charge in [0.1, 0.15) is 5.75 Å². The van der Waals surface area contributed by atoms with Gasteiger partial charge in [-0.2, -0.15) is 0 Å². The molecule has 1 aromatic carbocycles. The van der Waals surface area contributed by atoms with Gasteiger partial charge in [0, 0.05) is 13.0 Å². The summed E-state index contributed by atoms with van der Waals surface area (Å²) in [4.78, 5) is 22.1. The van der Waals surface area contributed by atoms with E-state index in [4.69, 9.17) is 0 Å². The summed E-state index contributed by atoms with van der Waals surface area (Å²) >= 11 is 0. The molecule has 0 radical (unpaired) electrons. The van der Waals surface area contributed by atoms with E-state index in [-0.39, 0.29) is 128 Å². The van der Waals surface area contributed by atoms with Crippen LogP contribution in [0.5, 0.6) is 5.75 Å². The van der Waals surface area contributed by atoms with E-state index >= 15 is 0 Å². The topological polar surface area (TPSA) is 104 Å². The SMILES string of the molecule is CN(CC(=O)[O-])c1cccc(CCC(=O)[O-])c1O.[K+].[K+]. The standard InChI is InChI=1S/C12H15NO5.2K/c1-13(7-11(16)17)9-4-2-3-8(12(9)18)5-6-10(14)15;;/h2-4,18H,5-7H2,1H3,(H,14,15)(H,16,17);;/q;2*+1/p-2. The third-order valence-corrected chi connectivity index (χ3v) is 2.47. The fourth-order valence-corrected chi connectivity index (χ4v) is 1.60. The number of carbonyl (C=O) groups is 2. The molecule has 0 aliphatic heterocycles. The molecule has 0 aromatic heterocycles. The number of aryl methyl sites for hydroxylation is 1. The average molecular weight is 329 g/mol. The molecule has 98 valence electrons. The Labute approximate surface area is 202 Å². The Bertz CT molecular complexity index is 467. The summed E-state index contributed by atoms with van der Waals surface area (Å²) in [6.45, 7) is -0.364. The molecular weight excluding hydrogens is 316 g/mol. The van der Waals surface area contributed by atoms with Crippen molar-refractivity contribution in [3.8, 4) is 5.75 Å². The van der Waals surface area contributed by atoms with Crippen molar-refractivity contribution in [2.75, 3.05) is 18.5 Å². The van der Waals surface area contributed by atoms with E-state index in [1.54, 1.807) is 18.2 Å². The predicted molar refractivity (Wildman–Crippen MR) is 59.7 cm³/mol. The van der Waals surface area contributed by atoms with Crippen molar-refractivity contribution in [2.24, 2.45) is 0 Å². The van der Waals surface area contributed by atoms with Crippen LogP contribution >= 0.6 is 0 Å². The van der Waals surface area contributed by atoms with Gasteiger partial charge in [0.2, 0.25) is 0 Å². The first-order valence-corrected chi connectivity index (χ1v) is 5.33. The zero-order chi connectivity index (χ0) is 13.7. The summed E-state index contributed by atoms with van der Waals surface area (Å²) in [5.41, 5.74) is 0.747. The summed E-state index contributed by atoms with van der Waals surface area (Å²) in [6.07, 6.45) is -0.0810. The molecule has 0 aliphatic carbocycles. The molecule has 6 nitrogen and oxygen atoms in total. The van der Waals surface area contributed by atoms with E-state index in [0.717, 1.165) is 0 Å². The van der Waals surface area contributed by atoms with Crippen LogP contribution in [0.3, 0.4) is 0 Å². The number of aromatic hydroxyl groups is 1. The Morgan fingerprint density at radius 2 is 1.80 bits per heavy atom. The van der Waals surface area contributed by atoms with Gasteiger partial charge in [-0.1, -0.05) is 12.1 Å². The van der Waals surface area contributed by atoms with Gasteiger partial charge in [0.05, 0.1) is 18.2 Å². The first-order chi connectivity index (χ1) is 8.41. The molecular formula is C12H13K2NO5. The van der Waals surface area contributed by atoms with E-state index in [0.29, 0.717) is 11.3 Å². The van der Waals surface area contributed by atoms with E-state index in [1.165, 1.54) is 11.9 Å². The number of hydrogen-bond acceptors (Lipinski definition) is 6. The van der Waals surface area contributed by atoms with Crippen molar-refractivity contribution in [3.63, 3.8) is 0 Å². The Hall–Kier alpha value is 1.03. The molecule has 0 aliphatic rings. The van der Waals surface area contributed by atoms with E-state index in [2.05, 4.69) is 0 Å². The zero-order valence-corrected chi connectivity index (χ0v) is 18.1. The third kappa shape index (κ3) is 7.88. The molecule has 20 heavy (non-hydrogen) atoms.